The topological polar surface area (TPSA) is 89.1 Å². The van der Waals surface area contributed by atoms with Crippen molar-refractivity contribution in [2.45, 2.75) is 57.0 Å². The molecule has 7 heteroatoms. The lowest BCUT2D eigenvalue weighted by Crippen LogP contribution is -2.21. The van der Waals surface area contributed by atoms with Gasteiger partial charge in [-0.3, -0.25) is 14.4 Å². The van der Waals surface area contributed by atoms with Gasteiger partial charge >= 0.3 is 0 Å². The Labute approximate surface area is 174 Å². The maximum absolute atomic E-state index is 12.5. The molecule has 1 fully saturated rings. The third kappa shape index (κ3) is 5.79. The van der Waals surface area contributed by atoms with Crippen LogP contribution in [-0.4, -0.2) is 28.0 Å². The molecule has 1 heterocycles. The molecule has 3 rings (SSSR count). The van der Waals surface area contributed by atoms with Crippen molar-refractivity contribution in [3.8, 4) is 5.75 Å². The van der Waals surface area contributed by atoms with Crippen molar-refractivity contribution in [1.29, 1.82) is 0 Å². The summed E-state index contributed by atoms with van der Waals surface area (Å²) in [4.78, 5) is 42.8. The number of hydrogen-bond donors (Lipinski definition) is 1. The Morgan fingerprint density at radius 2 is 1.97 bits per heavy atom. The fourth-order valence-corrected chi connectivity index (χ4v) is 4.55. The first-order valence-electron chi connectivity index (χ1n) is 10.1. The number of Topliss-reactive ketones (excluding diaryl/α,β-unsaturated/α-hetero) is 1. The van der Waals surface area contributed by atoms with Gasteiger partial charge in [-0.15, -0.1) is 0 Å². The maximum atomic E-state index is 12.5. The van der Waals surface area contributed by atoms with Gasteiger partial charge in [0.15, 0.2) is 10.9 Å². The number of nitrogens with zero attached hydrogens (tertiary/aromatic N) is 1. The molecule has 1 saturated carbocycles. The first kappa shape index (κ1) is 21.3. The highest BCUT2D eigenvalue weighted by molar-refractivity contribution is 7.99. The molecule has 0 unspecified atom stereocenters. The van der Waals surface area contributed by atoms with Crippen molar-refractivity contribution in [1.82, 2.24) is 9.97 Å². The quantitative estimate of drug-likeness (QED) is 0.289. The summed E-state index contributed by atoms with van der Waals surface area (Å²) in [6.45, 7) is 2.32. The predicted octanol–water partition coefficient (Wildman–Crippen LogP) is 3.97. The third-order valence-corrected chi connectivity index (χ3v) is 6.21. The summed E-state index contributed by atoms with van der Waals surface area (Å²) in [5.41, 5.74) is 2.06. The number of carbonyl (C=O) groups excluding carboxylic acids is 2. The molecule has 0 amide bonds. The molecule has 1 aliphatic carbocycles. The zero-order chi connectivity index (χ0) is 20.6. The zero-order valence-corrected chi connectivity index (χ0v) is 17.4. The Bertz CT molecular complexity index is 902. The van der Waals surface area contributed by atoms with Crippen LogP contribution in [0.15, 0.2) is 34.2 Å². The lowest BCUT2D eigenvalue weighted by atomic mass is 9.85. The summed E-state index contributed by atoms with van der Waals surface area (Å²) >= 11 is 1.24. The number of hydrogen-bond acceptors (Lipinski definition) is 6. The van der Waals surface area contributed by atoms with Crippen LogP contribution in [0, 0.1) is 5.92 Å². The average molecular weight is 415 g/mol. The first-order chi connectivity index (χ1) is 14.1. The monoisotopic (exact) mass is 414 g/mol. The molecule has 0 aliphatic heterocycles. The molecule has 154 valence electrons. The van der Waals surface area contributed by atoms with E-state index in [4.69, 9.17) is 9.72 Å². The van der Waals surface area contributed by atoms with Crippen LogP contribution in [-0.2, 0) is 17.6 Å². The van der Waals surface area contributed by atoms with E-state index < -0.39 is 0 Å². The van der Waals surface area contributed by atoms with Crippen molar-refractivity contribution >= 4 is 24.0 Å². The van der Waals surface area contributed by atoms with Gasteiger partial charge in [-0.2, -0.15) is 0 Å². The number of nitrogens with one attached hydrogen (secondary N) is 1. The fraction of sp³-hybridized carbons (Fsp3) is 0.455. The van der Waals surface area contributed by atoms with Gasteiger partial charge in [0, 0.05) is 11.1 Å². The molecule has 1 aromatic heterocycles. The van der Waals surface area contributed by atoms with E-state index in [0.717, 1.165) is 17.7 Å². The number of rotatable bonds is 9. The molecule has 1 N–H and O–H groups in total. The van der Waals surface area contributed by atoms with Crippen molar-refractivity contribution in [2.75, 3.05) is 5.75 Å². The molecule has 0 bridgehead atoms. The minimum atomic E-state index is -0.0985. The van der Waals surface area contributed by atoms with E-state index in [1.54, 1.807) is 24.3 Å². The maximum Gasteiger partial charge on any atom is 0.298 e. The van der Waals surface area contributed by atoms with Crippen molar-refractivity contribution < 1.29 is 14.3 Å². The average Bonchev–Trinajstić information content (AvgIpc) is 2.73. The smallest absolute Gasteiger partial charge is 0.298 e. The summed E-state index contributed by atoms with van der Waals surface area (Å²) < 4.78 is 4.73. The molecule has 6 nitrogen and oxygen atoms in total. The van der Waals surface area contributed by atoms with Gasteiger partial charge in [-0.1, -0.05) is 50.8 Å². The highest BCUT2D eigenvalue weighted by atomic mass is 32.2. The van der Waals surface area contributed by atoms with E-state index in [-0.39, 0.29) is 17.1 Å². The minimum absolute atomic E-state index is 0.0799. The fourth-order valence-electron chi connectivity index (χ4n) is 3.78. The normalized spacial score (nSPS) is 14.5. The molecule has 1 aliphatic rings. The Hall–Kier alpha value is -2.41. The van der Waals surface area contributed by atoms with E-state index in [1.807, 2.05) is 6.92 Å². The predicted molar refractivity (Wildman–Crippen MR) is 113 cm³/mol. The molecular formula is C22H26N2O4S. The van der Waals surface area contributed by atoms with Crippen molar-refractivity contribution in [3.63, 3.8) is 0 Å². The van der Waals surface area contributed by atoms with Gasteiger partial charge in [0.25, 0.3) is 12.0 Å². The van der Waals surface area contributed by atoms with E-state index in [0.29, 0.717) is 35.3 Å². The Balaban J connectivity index is 1.68. The van der Waals surface area contributed by atoms with Gasteiger partial charge in [0.1, 0.15) is 5.75 Å². The number of H-pyrrole nitrogens is 1. The molecule has 29 heavy (non-hydrogen) atoms. The van der Waals surface area contributed by atoms with Crippen LogP contribution in [0.25, 0.3) is 0 Å². The van der Waals surface area contributed by atoms with Crippen LogP contribution in [0.4, 0.5) is 0 Å². The number of aromatic amines is 1. The molecule has 2 aromatic rings. The Morgan fingerprint density at radius 1 is 1.24 bits per heavy atom. The van der Waals surface area contributed by atoms with Gasteiger partial charge in [-0.25, -0.2) is 4.98 Å². The van der Waals surface area contributed by atoms with Crippen molar-refractivity contribution in [3.05, 3.63) is 51.4 Å². The number of carbonyl (C=O) groups is 2. The van der Waals surface area contributed by atoms with Crippen LogP contribution in [0.2, 0.25) is 0 Å². The number of thioether (sulfide) groups is 1. The highest BCUT2D eigenvalue weighted by Gasteiger charge is 2.19. The molecule has 1 aromatic carbocycles. The van der Waals surface area contributed by atoms with Crippen LogP contribution in [0.1, 0.15) is 60.6 Å². The number of aromatic nitrogens is 2. The van der Waals surface area contributed by atoms with Crippen LogP contribution in [0.5, 0.6) is 5.75 Å². The minimum Gasteiger partial charge on any atom is -0.429 e. The van der Waals surface area contributed by atoms with Crippen LogP contribution >= 0.6 is 11.8 Å². The molecule has 0 radical (unpaired) electrons. The van der Waals surface area contributed by atoms with Gasteiger partial charge in [-0.05, 0) is 43.0 Å². The number of ether oxygens (including phenoxy) is 1. The third-order valence-electron chi connectivity index (χ3n) is 5.34. The summed E-state index contributed by atoms with van der Waals surface area (Å²) in [7, 11) is 0. The highest BCUT2D eigenvalue weighted by Crippen LogP contribution is 2.27. The largest absolute Gasteiger partial charge is 0.429 e. The second-order valence-electron chi connectivity index (χ2n) is 7.31. The lowest BCUT2D eigenvalue weighted by molar-refractivity contribution is -0.120. The second-order valence-corrected chi connectivity index (χ2v) is 8.27. The summed E-state index contributed by atoms with van der Waals surface area (Å²) in [6, 6.07) is 6.38. The second kappa shape index (κ2) is 10.4. The zero-order valence-electron chi connectivity index (χ0n) is 16.6. The Kier molecular flexibility index (Phi) is 7.63. The molecular weight excluding hydrogens is 388 g/mol. The van der Waals surface area contributed by atoms with Crippen LogP contribution < -0.4 is 10.3 Å². The van der Waals surface area contributed by atoms with E-state index in [1.165, 1.54) is 43.9 Å². The molecule has 0 saturated heterocycles. The lowest BCUT2D eigenvalue weighted by Gasteiger charge is -2.22. The molecule has 0 spiro atoms. The van der Waals surface area contributed by atoms with Crippen molar-refractivity contribution in [2.24, 2.45) is 5.92 Å². The standard InChI is InChI=1S/C22H26N2O4S/c1-2-18-19(12-15-6-4-3-5-7-15)23-22(24-21(18)27)29-13-20(26)16-8-10-17(11-9-16)28-14-25/h8-11,14-15H,2-7,12-13H2,1H3,(H,23,24,27). The van der Waals surface area contributed by atoms with Crippen LogP contribution in [0.3, 0.4) is 0 Å². The van der Waals surface area contributed by atoms with E-state index >= 15 is 0 Å². The Morgan fingerprint density at radius 3 is 2.62 bits per heavy atom. The number of benzene rings is 1. The summed E-state index contributed by atoms with van der Waals surface area (Å²) in [5.74, 6) is 1.07. The number of ketones is 1. The van der Waals surface area contributed by atoms with Gasteiger partial charge in [0.05, 0.1) is 11.4 Å². The van der Waals surface area contributed by atoms with E-state index in [9.17, 15) is 14.4 Å². The molecule has 0 atom stereocenters. The van der Waals surface area contributed by atoms with E-state index in [2.05, 4.69) is 4.98 Å². The first-order valence-corrected chi connectivity index (χ1v) is 11.1. The summed E-state index contributed by atoms with van der Waals surface area (Å²) in [5, 5.41) is 0.493. The SMILES string of the molecule is CCc1c(CC2CCCCC2)nc(SCC(=O)c2ccc(OC=O)cc2)[nH]c1=O. The van der Waals surface area contributed by atoms with Gasteiger partial charge in [0.2, 0.25) is 0 Å². The summed E-state index contributed by atoms with van der Waals surface area (Å²) in [6.07, 6.45) is 7.69. The van der Waals surface area contributed by atoms with Gasteiger partial charge < -0.3 is 9.72 Å².